The van der Waals surface area contributed by atoms with Gasteiger partial charge in [-0.05, 0) is 68.3 Å². The largest absolute Gasteiger partial charge is 0.503 e. The first-order valence-corrected chi connectivity index (χ1v) is 17.1. The third-order valence-corrected chi connectivity index (χ3v) is 9.52. The van der Waals surface area contributed by atoms with Crippen molar-refractivity contribution in [3.05, 3.63) is 149 Å². The van der Waals surface area contributed by atoms with E-state index >= 15 is 8.78 Å². The van der Waals surface area contributed by atoms with Crippen LogP contribution in [0, 0.1) is 6.85 Å². The summed E-state index contributed by atoms with van der Waals surface area (Å²) in [6.45, 7) is 9.19. The minimum atomic E-state index is -3.61. The van der Waals surface area contributed by atoms with Gasteiger partial charge in [0, 0.05) is 69.2 Å². The molecule has 7 heteroatoms. The van der Waals surface area contributed by atoms with E-state index in [1.165, 1.54) is 33.5 Å². The number of rotatable bonds is 5. The maximum Gasteiger partial charge on any atom is 0.503 e. The van der Waals surface area contributed by atoms with Gasteiger partial charge in [-0.2, -0.15) is 8.78 Å². The van der Waals surface area contributed by atoms with Crippen molar-refractivity contribution in [2.75, 3.05) is 0 Å². The van der Waals surface area contributed by atoms with Crippen LogP contribution in [-0.4, -0.2) is 20.5 Å². The first-order chi connectivity index (χ1) is 27.6. The van der Waals surface area contributed by atoms with Crippen molar-refractivity contribution in [1.82, 2.24) is 23.7 Å². The van der Waals surface area contributed by atoms with Crippen LogP contribution in [0.1, 0.15) is 79.1 Å². The van der Waals surface area contributed by atoms with Crippen LogP contribution < -0.4 is 9.15 Å². The highest BCUT2D eigenvalue weighted by Crippen LogP contribution is 2.43. The van der Waals surface area contributed by atoms with Gasteiger partial charge in [0.1, 0.15) is 11.5 Å². The molecule has 7 aromatic rings. The van der Waals surface area contributed by atoms with Crippen LogP contribution in [0.5, 0.6) is 0 Å². The van der Waals surface area contributed by atoms with Crippen molar-refractivity contribution in [2.45, 2.75) is 65.1 Å². The van der Waals surface area contributed by atoms with E-state index in [2.05, 4.69) is 31.8 Å². The molecular formula is C45H41F2N5+2. The summed E-state index contributed by atoms with van der Waals surface area (Å²) >= 11 is 0. The molecule has 4 aromatic carbocycles. The van der Waals surface area contributed by atoms with Gasteiger partial charge in [0.25, 0.3) is 11.4 Å². The fourth-order valence-corrected chi connectivity index (χ4v) is 6.63. The highest BCUT2D eigenvalue weighted by atomic mass is 19.3. The lowest BCUT2D eigenvalue weighted by Gasteiger charge is -2.23. The average Bonchev–Trinajstić information content (AvgIpc) is 3.72. The van der Waals surface area contributed by atoms with E-state index in [0.717, 1.165) is 16.5 Å². The minimum Gasteiger partial charge on any atom is -0.294 e. The van der Waals surface area contributed by atoms with Crippen LogP contribution >= 0.6 is 0 Å². The predicted octanol–water partition coefficient (Wildman–Crippen LogP) is 11.5. The Bertz CT molecular complexity index is 2940. The van der Waals surface area contributed by atoms with Crippen LogP contribution in [-0.2, 0) is 16.8 Å². The molecule has 0 unspecified atom stereocenters. The van der Waals surface area contributed by atoms with Crippen molar-refractivity contribution in [2.24, 2.45) is 0 Å². The van der Waals surface area contributed by atoms with Crippen LogP contribution in [0.3, 0.4) is 0 Å². The van der Waals surface area contributed by atoms with Crippen molar-refractivity contribution < 1.29 is 18.4 Å². The zero-order valence-corrected chi connectivity index (χ0v) is 29.7. The Labute approximate surface area is 312 Å². The summed E-state index contributed by atoms with van der Waals surface area (Å²) in [6, 6.07) is 25.1. The summed E-state index contributed by atoms with van der Waals surface area (Å²) in [5.41, 5.74) is 1.65. The van der Waals surface area contributed by atoms with Crippen LogP contribution in [0.25, 0.3) is 27.6 Å². The molecule has 8 rings (SSSR count). The second-order valence-corrected chi connectivity index (χ2v) is 15.2. The van der Waals surface area contributed by atoms with Gasteiger partial charge in [0.05, 0.1) is 16.5 Å². The lowest BCUT2D eigenvalue weighted by molar-refractivity contribution is 0.0380. The number of pyridine rings is 2. The average molecular weight is 697 g/mol. The first-order valence-electron chi connectivity index (χ1n) is 20.6. The summed E-state index contributed by atoms with van der Waals surface area (Å²) in [5.74, 6) is -3.02. The lowest BCUT2D eigenvalue weighted by Crippen LogP contribution is -2.20. The molecule has 0 N–H and O–H groups in total. The van der Waals surface area contributed by atoms with E-state index in [-0.39, 0.29) is 16.7 Å². The first kappa shape index (κ1) is 26.1. The highest BCUT2D eigenvalue weighted by molar-refractivity contribution is 6.08. The molecule has 1 aliphatic rings. The lowest BCUT2D eigenvalue weighted by atomic mass is 9.84. The molecule has 0 saturated heterocycles. The van der Waals surface area contributed by atoms with E-state index in [1.807, 2.05) is 61.7 Å². The second kappa shape index (κ2) is 11.9. The topological polar surface area (TPSA) is 36.7 Å². The number of fused-ring (bicyclic) bond motifs is 4. The Balaban J connectivity index is 1.35. The summed E-state index contributed by atoms with van der Waals surface area (Å²) in [6.07, 6.45) is 3.23. The highest BCUT2D eigenvalue weighted by Gasteiger charge is 2.41. The molecule has 0 saturated carbocycles. The summed E-state index contributed by atoms with van der Waals surface area (Å²) in [7, 11) is 0. The normalized spacial score (nSPS) is 15.6. The number of alkyl halides is 2. The number of hydrogen-bond donors (Lipinski definition) is 0. The van der Waals surface area contributed by atoms with Gasteiger partial charge in [-0.1, -0.05) is 89.5 Å². The van der Waals surface area contributed by atoms with Gasteiger partial charge in [0.15, 0.2) is 0 Å². The number of hydrogen-bond acceptors (Lipinski definition) is 2. The molecule has 0 atom stereocenters. The summed E-state index contributed by atoms with van der Waals surface area (Å²) in [5, 5.41) is 1.55. The van der Waals surface area contributed by atoms with Gasteiger partial charge in [-0.15, -0.1) is 0 Å². The van der Waals surface area contributed by atoms with Gasteiger partial charge in [-0.3, -0.25) is 9.55 Å². The van der Waals surface area contributed by atoms with Gasteiger partial charge in [-0.25, -0.2) is 4.98 Å². The van der Waals surface area contributed by atoms with Gasteiger partial charge in [0.2, 0.25) is 11.4 Å². The Hall–Kier alpha value is -5.78. The van der Waals surface area contributed by atoms with Gasteiger partial charge < -0.3 is 0 Å². The smallest absolute Gasteiger partial charge is 0.294 e. The molecule has 5 nitrogen and oxygen atoms in total. The molecule has 4 heterocycles. The fourth-order valence-electron chi connectivity index (χ4n) is 6.63. The monoisotopic (exact) mass is 696 g/mol. The van der Waals surface area contributed by atoms with Gasteiger partial charge >= 0.3 is 11.9 Å². The molecular weight excluding hydrogens is 649 g/mol. The number of para-hydroxylation sites is 3. The Morgan fingerprint density at radius 3 is 2.02 bits per heavy atom. The number of halogens is 2. The van der Waals surface area contributed by atoms with Crippen molar-refractivity contribution >= 4 is 50.6 Å². The van der Waals surface area contributed by atoms with Crippen molar-refractivity contribution in [1.29, 1.82) is 0 Å². The Kier molecular flexibility index (Phi) is 5.96. The van der Waals surface area contributed by atoms with Crippen molar-refractivity contribution in [3.63, 3.8) is 0 Å². The summed E-state index contributed by atoms with van der Waals surface area (Å²) < 4.78 is 97.7. The predicted molar refractivity (Wildman–Crippen MR) is 209 cm³/mol. The van der Waals surface area contributed by atoms with E-state index in [4.69, 9.17) is 14.6 Å². The number of benzene rings is 4. The molecule has 0 aliphatic carbocycles. The zero-order valence-electron chi connectivity index (χ0n) is 36.7. The molecule has 0 bridgehead atoms. The van der Waals surface area contributed by atoms with E-state index in [0.29, 0.717) is 39.3 Å². The fraction of sp³-hybridized carbons (Fsp3) is 0.222. The third kappa shape index (κ3) is 5.62. The standard InChI is InChI=1S/C45H41F2N5/c1-29-16-18-33(19-17-29)50-28-51(39-15-11-10-14-38(39)50)34-23-31(44(5,6)7)22-32(24-34)45(46,47)41-26-40-36(27-49-41)35-12-8-9-13-37(35)52(40)42-25-30(20-21-48-42)43(2,3)4/h8-27H,1-7H3/q+2/i1D3,16D,17D,18D,19D. The van der Waals surface area contributed by atoms with E-state index in [9.17, 15) is 0 Å². The van der Waals surface area contributed by atoms with Crippen LogP contribution in [0.15, 0.2) is 121 Å². The maximum absolute atomic E-state index is 17.4. The number of nitrogens with zero attached hydrogens (tertiary/aromatic N) is 5. The SMILES string of the molecule is [2H]c1c([2H])c(C([2H])([2H])[2H])c([2H])c([2H])c1[N+]1=C=[N+](c2cc(C(C)(C)C)cc(C(F)(F)c3cc4c(cn3)c3ccccc3n4-c3cc(C(C)(C)C)ccn3)c2)c2ccccc21. The zero-order chi connectivity index (χ0) is 42.6. The third-order valence-electron chi connectivity index (χ3n) is 9.52. The van der Waals surface area contributed by atoms with E-state index < -0.39 is 53.6 Å². The maximum atomic E-state index is 17.4. The molecule has 0 spiro atoms. The Morgan fingerprint density at radius 1 is 0.673 bits per heavy atom. The van der Waals surface area contributed by atoms with Crippen LogP contribution in [0.2, 0.25) is 0 Å². The summed E-state index contributed by atoms with van der Waals surface area (Å²) in [4.78, 5) is 9.09. The van der Waals surface area contributed by atoms with Crippen LogP contribution in [0.4, 0.5) is 31.5 Å². The molecule has 3 aromatic heterocycles. The second-order valence-electron chi connectivity index (χ2n) is 15.2. The molecule has 0 fully saturated rings. The minimum absolute atomic E-state index is 0.180. The Morgan fingerprint density at radius 2 is 1.33 bits per heavy atom. The quantitative estimate of drug-likeness (QED) is 0.168. The number of aromatic nitrogens is 3. The molecule has 1 aliphatic heterocycles. The molecule has 0 amide bonds. The van der Waals surface area contributed by atoms with E-state index in [1.54, 1.807) is 36.5 Å². The molecule has 258 valence electrons. The van der Waals surface area contributed by atoms with Crippen molar-refractivity contribution in [3.8, 4) is 5.82 Å². The molecule has 0 radical (unpaired) electrons. The molecule has 52 heavy (non-hydrogen) atoms.